The Labute approximate surface area is 93.5 Å². The van der Waals surface area contributed by atoms with E-state index in [4.69, 9.17) is 9.15 Å². The second-order valence-electron chi connectivity index (χ2n) is 3.70. The van der Waals surface area contributed by atoms with Crippen LogP contribution in [0, 0.1) is 0 Å². The zero-order valence-corrected chi connectivity index (χ0v) is 9.18. The number of hydrogen-bond acceptors (Lipinski definition) is 4. The van der Waals surface area contributed by atoms with E-state index in [-0.39, 0.29) is 0 Å². The Balaban J connectivity index is 2.42. The van der Waals surface area contributed by atoms with Gasteiger partial charge in [-0.3, -0.25) is 4.98 Å². The first-order valence-corrected chi connectivity index (χ1v) is 4.89. The minimum atomic E-state index is -1.13. The molecule has 0 saturated heterocycles. The lowest BCUT2D eigenvalue weighted by Crippen LogP contribution is -2.22. The maximum absolute atomic E-state index is 10.4. The van der Waals surface area contributed by atoms with Crippen LogP contribution < -0.4 is 4.74 Å². The van der Waals surface area contributed by atoms with Crippen molar-refractivity contribution in [3.8, 4) is 5.75 Å². The highest BCUT2D eigenvalue weighted by Gasteiger charge is 2.27. The van der Waals surface area contributed by atoms with Gasteiger partial charge in [-0.05, 0) is 19.1 Å². The first kappa shape index (κ1) is 10.7. The number of furan rings is 1. The van der Waals surface area contributed by atoms with Gasteiger partial charge in [-0.15, -0.1) is 0 Å². The third kappa shape index (κ3) is 1.79. The Morgan fingerprint density at radius 1 is 1.38 bits per heavy atom. The molecule has 0 bridgehead atoms. The van der Waals surface area contributed by atoms with Crippen LogP contribution in [0.25, 0.3) is 0 Å². The lowest BCUT2D eigenvalue weighted by Gasteiger charge is -2.22. The number of ether oxygens (including phenoxy) is 1. The van der Waals surface area contributed by atoms with Gasteiger partial charge >= 0.3 is 0 Å². The molecular formula is C12H13NO3. The molecule has 84 valence electrons. The fourth-order valence-electron chi connectivity index (χ4n) is 1.50. The molecule has 0 saturated carbocycles. The van der Waals surface area contributed by atoms with Crippen molar-refractivity contribution < 1.29 is 14.3 Å². The van der Waals surface area contributed by atoms with Crippen LogP contribution in [0.5, 0.6) is 5.75 Å². The molecular weight excluding hydrogens is 206 g/mol. The molecule has 0 aliphatic heterocycles. The summed E-state index contributed by atoms with van der Waals surface area (Å²) >= 11 is 0. The zero-order chi connectivity index (χ0) is 11.6. The van der Waals surface area contributed by atoms with Crippen molar-refractivity contribution in [3.63, 3.8) is 0 Å². The first-order valence-electron chi connectivity index (χ1n) is 4.89. The van der Waals surface area contributed by atoms with Gasteiger partial charge in [0.25, 0.3) is 0 Å². The molecule has 4 nitrogen and oxygen atoms in total. The van der Waals surface area contributed by atoms with E-state index in [1.54, 1.807) is 38.6 Å². The van der Waals surface area contributed by atoms with E-state index in [1.165, 1.54) is 12.5 Å². The Bertz CT molecular complexity index is 463. The van der Waals surface area contributed by atoms with E-state index in [1.807, 2.05) is 0 Å². The number of pyridine rings is 1. The number of hydrogen-bond donors (Lipinski definition) is 1. The largest absolute Gasteiger partial charge is 0.495 e. The second-order valence-corrected chi connectivity index (χ2v) is 3.70. The van der Waals surface area contributed by atoms with Crippen LogP contribution in [-0.4, -0.2) is 17.2 Å². The van der Waals surface area contributed by atoms with Gasteiger partial charge in [0.05, 0.1) is 25.8 Å². The quantitative estimate of drug-likeness (QED) is 0.857. The summed E-state index contributed by atoms with van der Waals surface area (Å²) in [6.45, 7) is 1.69. The summed E-state index contributed by atoms with van der Waals surface area (Å²) in [7, 11) is 1.56. The smallest absolute Gasteiger partial charge is 0.137 e. The highest BCUT2D eigenvalue weighted by molar-refractivity contribution is 5.35. The molecule has 1 unspecified atom stereocenters. The molecule has 2 aromatic heterocycles. The van der Waals surface area contributed by atoms with Gasteiger partial charge in [0.2, 0.25) is 0 Å². The molecule has 0 aliphatic carbocycles. The number of rotatable bonds is 3. The Morgan fingerprint density at radius 3 is 2.81 bits per heavy atom. The average molecular weight is 219 g/mol. The van der Waals surface area contributed by atoms with Crippen molar-refractivity contribution in [2.75, 3.05) is 7.11 Å². The molecule has 0 spiro atoms. The predicted octanol–water partition coefficient (Wildman–Crippen LogP) is 1.94. The van der Waals surface area contributed by atoms with Gasteiger partial charge in [-0.25, -0.2) is 0 Å². The monoisotopic (exact) mass is 219 g/mol. The molecule has 0 amide bonds. The van der Waals surface area contributed by atoms with Gasteiger partial charge in [0, 0.05) is 17.3 Å². The van der Waals surface area contributed by atoms with Crippen LogP contribution in [0.1, 0.15) is 18.1 Å². The lowest BCUT2D eigenvalue weighted by molar-refractivity contribution is 0.101. The Kier molecular flexibility index (Phi) is 2.66. The predicted molar refractivity (Wildman–Crippen MR) is 58.2 cm³/mol. The third-order valence-corrected chi connectivity index (χ3v) is 2.59. The molecule has 0 aliphatic rings. The van der Waals surface area contributed by atoms with Crippen molar-refractivity contribution >= 4 is 0 Å². The summed E-state index contributed by atoms with van der Waals surface area (Å²) in [4.78, 5) is 4.02. The summed E-state index contributed by atoms with van der Waals surface area (Å²) in [5, 5.41) is 10.4. The molecule has 16 heavy (non-hydrogen) atoms. The van der Waals surface area contributed by atoms with Crippen LogP contribution in [0.4, 0.5) is 0 Å². The van der Waals surface area contributed by atoms with E-state index in [2.05, 4.69) is 4.98 Å². The summed E-state index contributed by atoms with van der Waals surface area (Å²) in [5.74, 6) is 0.612. The summed E-state index contributed by atoms with van der Waals surface area (Å²) in [6.07, 6.45) is 6.24. The fraction of sp³-hybridized carbons (Fsp3) is 0.250. The van der Waals surface area contributed by atoms with Gasteiger partial charge in [-0.2, -0.15) is 0 Å². The van der Waals surface area contributed by atoms with Gasteiger partial charge in [0.1, 0.15) is 11.4 Å². The lowest BCUT2D eigenvalue weighted by atomic mass is 9.91. The maximum atomic E-state index is 10.4. The van der Waals surface area contributed by atoms with Gasteiger partial charge in [-0.1, -0.05) is 0 Å². The standard InChI is InChI=1S/C12H13NO3/c1-12(14,9-3-4-16-8-9)10-5-11(15-2)7-13-6-10/h3-8,14H,1-2H3. The molecule has 0 fully saturated rings. The number of methoxy groups -OCH3 is 1. The van der Waals surface area contributed by atoms with Gasteiger partial charge in [0.15, 0.2) is 0 Å². The van der Waals surface area contributed by atoms with Crippen LogP contribution in [0.15, 0.2) is 41.5 Å². The molecule has 2 aromatic rings. The van der Waals surface area contributed by atoms with E-state index >= 15 is 0 Å². The molecule has 1 atom stereocenters. The summed E-state index contributed by atoms with van der Waals surface area (Å²) in [5.41, 5.74) is 0.213. The van der Waals surface area contributed by atoms with Crippen molar-refractivity contribution in [2.24, 2.45) is 0 Å². The van der Waals surface area contributed by atoms with Crippen molar-refractivity contribution in [1.29, 1.82) is 0 Å². The SMILES string of the molecule is COc1cncc(C(C)(O)c2ccoc2)c1. The number of aromatic nitrogens is 1. The molecule has 0 radical (unpaired) electrons. The number of aliphatic hydroxyl groups is 1. The van der Waals surface area contributed by atoms with Crippen LogP contribution in [-0.2, 0) is 5.60 Å². The Hall–Kier alpha value is -1.81. The minimum absolute atomic E-state index is 0.612. The minimum Gasteiger partial charge on any atom is -0.495 e. The Morgan fingerprint density at radius 2 is 2.19 bits per heavy atom. The van der Waals surface area contributed by atoms with E-state index in [0.717, 1.165) is 0 Å². The van der Waals surface area contributed by atoms with Crippen LogP contribution >= 0.6 is 0 Å². The highest BCUT2D eigenvalue weighted by atomic mass is 16.5. The molecule has 2 rings (SSSR count). The van der Waals surface area contributed by atoms with Crippen molar-refractivity contribution in [3.05, 3.63) is 48.2 Å². The molecule has 1 N–H and O–H groups in total. The summed E-state index contributed by atoms with van der Waals surface area (Å²) < 4.78 is 10.0. The van der Waals surface area contributed by atoms with Crippen molar-refractivity contribution in [1.82, 2.24) is 4.98 Å². The number of nitrogens with zero attached hydrogens (tertiary/aromatic N) is 1. The molecule has 0 aromatic carbocycles. The van der Waals surface area contributed by atoms with E-state index in [9.17, 15) is 5.11 Å². The van der Waals surface area contributed by atoms with E-state index in [0.29, 0.717) is 16.9 Å². The van der Waals surface area contributed by atoms with Crippen LogP contribution in [0.2, 0.25) is 0 Å². The first-order chi connectivity index (χ1) is 7.64. The molecule has 2 heterocycles. The highest BCUT2D eigenvalue weighted by Crippen LogP contribution is 2.30. The second kappa shape index (κ2) is 3.98. The van der Waals surface area contributed by atoms with E-state index < -0.39 is 5.60 Å². The average Bonchev–Trinajstić information content (AvgIpc) is 2.83. The molecule has 4 heteroatoms. The third-order valence-electron chi connectivity index (χ3n) is 2.59. The van der Waals surface area contributed by atoms with Crippen molar-refractivity contribution in [2.45, 2.75) is 12.5 Å². The fourth-order valence-corrected chi connectivity index (χ4v) is 1.50. The van der Waals surface area contributed by atoms with Crippen LogP contribution in [0.3, 0.4) is 0 Å². The normalized spacial score (nSPS) is 14.4. The van der Waals surface area contributed by atoms with Gasteiger partial charge < -0.3 is 14.3 Å². The maximum Gasteiger partial charge on any atom is 0.137 e. The summed E-state index contributed by atoms with van der Waals surface area (Å²) in [6, 6.07) is 3.47. The zero-order valence-electron chi connectivity index (χ0n) is 9.18. The topological polar surface area (TPSA) is 55.5 Å².